The molecule has 3 N–H and O–H groups in total. The van der Waals surface area contributed by atoms with Crippen LogP contribution in [0.3, 0.4) is 0 Å². The maximum atomic E-state index is 12.0. The topological polar surface area (TPSA) is 95.3 Å². The van der Waals surface area contributed by atoms with Crippen molar-refractivity contribution in [3.8, 4) is 0 Å². The number of nitrogens with zero attached hydrogens (tertiary/aromatic N) is 2. The highest BCUT2D eigenvalue weighted by Gasteiger charge is 2.30. The Kier molecular flexibility index (Phi) is 5.28. The van der Waals surface area contributed by atoms with Gasteiger partial charge < -0.3 is 15.5 Å². The van der Waals surface area contributed by atoms with Crippen LogP contribution in [0.5, 0.6) is 0 Å². The second kappa shape index (κ2) is 6.29. The summed E-state index contributed by atoms with van der Waals surface area (Å²) in [5, 5.41) is 27.9. The molecule has 0 unspecified atom stereocenters. The smallest absolute Gasteiger partial charge is 0.255 e. The van der Waals surface area contributed by atoms with Crippen LogP contribution in [0.1, 0.15) is 23.7 Å². The van der Waals surface area contributed by atoms with Gasteiger partial charge in [-0.1, -0.05) is 30.1 Å². The number of halogens is 2. The van der Waals surface area contributed by atoms with Crippen molar-refractivity contribution >= 4 is 29.1 Å². The van der Waals surface area contributed by atoms with E-state index in [0.29, 0.717) is 6.42 Å². The number of aliphatic hydroxyl groups is 2. The average molecular weight is 294 g/mol. The molecule has 1 rings (SSSR count). The Morgan fingerprint density at radius 3 is 2.50 bits per heavy atom. The van der Waals surface area contributed by atoms with E-state index in [1.807, 2.05) is 0 Å². The fourth-order valence-electron chi connectivity index (χ4n) is 1.26. The second-order valence-corrected chi connectivity index (χ2v) is 4.52. The molecule has 1 heterocycles. The molecule has 0 saturated heterocycles. The van der Waals surface area contributed by atoms with Gasteiger partial charge in [0.25, 0.3) is 5.91 Å². The normalized spacial score (nSPS) is 11.4. The Bertz CT molecular complexity index is 430. The minimum atomic E-state index is -1.10. The van der Waals surface area contributed by atoms with Crippen molar-refractivity contribution in [3.63, 3.8) is 0 Å². The maximum absolute atomic E-state index is 12.0. The Balaban J connectivity index is 2.97. The number of nitrogens with one attached hydrogen (secondary N) is 1. The molecular formula is C10H13Cl2N3O3. The van der Waals surface area contributed by atoms with Crippen molar-refractivity contribution < 1.29 is 15.0 Å². The van der Waals surface area contributed by atoms with Gasteiger partial charge in [0.15, 0.2) is 10.3 Å². The van der Waals surface area contributed by atoms with E-state index in [9.17, 15) is 15.0 Å². The van der Waals surface area contributed by atoms with E-state index in [2.05, 4.69) is 15.5 Å². The maximum Gasteiger partial charge on any atom is 0.255 e. The first kappa shape index (κ1) is 15.1. The lowest BCUT2D eigenvalue weighted by molar-refractivity contribution is 0.0652. The molecule has 1 amide bonds. The lowest BCUT2D eigenvalue weighted by Gasteiger charge is -2.29. The lowest BCUT2D eigenvalue weighted by atomic mass is 9.98. The molecule has 6 nitrogen and oxygen atoms in total. The van der Waals surface area contributed by atoms with Crippen LogP contribution in [0.2, 0.25) is 10.3 Å². The third-order valence-corrected chi connectivity index (χ3v) is 3.09. The van der Waals surface area contributed by atoms with Crippen molar-refractivity contribution in [1.82, 2.24) is 15.5 Å². The highest BCUT2D eigenvalue weighted by Crippen LogP contribution is 2.17. The van der Waals surface area contributed by atoms with E-state index >= 15 is 0 Å². The first-order valence-corrected chi connectivity index (χ1v) is 5.96. The van der Waals surface area contributed by atoms with Crippen LogP contribution in [0.25, 0.3) is 0 Å². The number of hydrogen-bond acceptors (Lipinski definition) is 5. The average Bonchev–Trinajstić information content (AvgIpc) is 2.38. The Hall–Kier alpha value is -0.950. The second-order valence-electron chi connectivity index (χ2n) is 3.78. The van der Waals surface area contributed by atoms with Gasteiger partial charge in [0, 0.05) is 0 Å². The highest BCUT2D eigenvalue weighted by molar-refractivity contribution is 6.34. The SMILES string of the molecule is CCC(CO)(CO)NC(=O)c1cc(Cl)nnc1Cl. The van der Waals surface area contributed by atoms with E-state index < -0.39 is 24.7 Å². The van der Waals surface area contributed by atoms with Crippen LogP contribution in [0.4, 0.5) is 0 Å². The summed E-state index contributed by atoms with van der Waals surface area (Å²) in [4.78, 5) is 12.0. The minimum absolute atomic E-state index is 0.0274. The van der Waals surface area contributed by atoms with Gasteiger partial charge in [-0.3, -0.25) is 4.79 Å². The van der Waals surface area contributed by atoms with E-state index in [0.717, 1.165) is 0 Å². The minimum Gasteiger partial charge on any atom is -0.394 e. The molecule has 0 aromatic carbocycles. The number of aliphatic hydroxyl groups excluding tert-OH is 2. The standard InChI is InChI=1S/C10H13Cl2N3O3/c1-2-10(4-16,5-17)13-9(18)6-3-7(11)14-15-8(6)12/h3,16-17H,2,4-5H2,1H3,(H,13,18). The number of aromatic nitrogens is 2. The monoisotopic (exact) mass is 293 g/mol. The van der Waals surface area contributed by atoms with Gasteiger partial charge >= 0.3 is 0 Å². The van der Waals surface area contributed by atoms with Crippen LogP contribution in [-0.2, 0) is 0 Å². The van der Waals surface area contributed by atoms with Crippen molar-refractivity contribution in [3.05, 3.63) is 21.9 Å². The largest absolute Gasteiger partial charge is 0.394 e. The summed E-state index contributed by atoms with van der Waals surface area (Å²) < 4.78 is 0. The van der Waals surface area contributed by atoms with Crippen LogP contribution in [0.15, 0.2) is 6.07 Å². The number of carbonyl (C=O) groups is 1. The summed E-state index contributed by atoms with van der Waals surface area (Å²) in [6, 6.07) is 1.27. The van der Waals surface area contributed by atoms with Gasteiger partial charge in [0.05, 0.1) is 24.3 Å². The molecule has 100 valence electrons. The van der Waals surface area contributed by atoms with Crippen LogP contribution in [0, 0.1) is 0 Å². The van der Waals surface area contributed by atoms with E-state index in [-0.39, 0.29) is 15.9 Å². The van der Waals surface area contributed by atoms with E-state index in [1.165, 1.54) is 6.07 Å². The first-order valence-electron chi connectivity index (χ1n) is 5.21. The van der Waals surface area contributed by atoms with Crippen molar-refractivity contribution in [1.29, 1.82) is 0 Å². The molecule has 0 saturated carbocycles. The fraction of sp³-hybridized carbons (Fsp3) is 0.500. The molecule has 0 aliphatic rings. The third-order valence-electron chi connectivity index (χ3n) is 2.62. The molecule has 8 heteroatoms. The molecule has 1 aromatic heterocycles. The Morgan fingerprint density at radius 2 is 2.00 bits per heavy atom. The quantitative estimate of drug-likeness (QED) is 0.741. The molecule has 0 bridgehead atoms. The number of carbonyl (C=O) groups excluding carboxylic acids is 1. The predicted molar refractivity (Wildman–Crippen MR) is 66.7 cm³/mol. The van der Waals surface area contributed by atoms with Crippen molar-refractivity contribution in [2.45, 2.75) is 18.9 Å². The zero-order valence-corrected chi connectivity index (χ0v) is 11.2. The molecule has 1 aromatic rings. The van der Waals surface area contributed by atoms with Gasteiger partial charge in [-0.25, -0.2) is 0 Å². The molecule has 18 heavy (non-hydrogen) atoms. The van der Waals surface area contributed by atoms with Gasteiger partial charge in [-0.05, 0) is 12.5 Å². The molecule has 0 radical (unpaired) electrons. The van der Waals surface area contributed by atoms with E-state index in [1.54, 1.807) is 6.92 Å². The molecular weight excluding hydrogens is 281 g/mol. The number of hydrogen-bond donors (Lipinski definition) is 3. The predicted octanol–water partition coefficient (Wildman–Crippen LogP) is 0.647. The summed E-state index contributed by atoms with van der Waals surface area (Å²) in [6.45, 7) is 0.942. The molecule has 0 aliphatic carbocycles. The number of amides is 1. The molecule has 0 spiro atoms. The van der Waals surface area contributed by atoms with Gasteiger partial charge in [0.2, 0.25) is 0 Å². The lowest BCUT2D eigenvalue weighted by Crippen LogP contribution is -2.53. The fourth-order valence-corrected chi connectivity index (χ4v) is 1.59. The van der Waals surface area contributed by atoms with Crippen LogP contribution in [-0.4, -0.2) is 45.1 Å². The summed E-state index contributed by atoms with van der Waals surface area (Å²) in [5.41, 5.74) is -1.06. The molecule has 0 atom stereocenters. The third kappa shape index (κ3) is 3.29. The van der Waals surface area contributed by atoms with Gasteiger partial charge in [0.1, 0.15) is 0 Å². The van der Waals surface area contributed by atoms with Gasteiger partial charge in [-0.2, -0.15) is 0 Å². The van der Waals surface area contributed by atoms with E-state index in [4.69, 9.17) is 23.2 Å². The number of rotatable bonds is 5. The Morgan fingerprint density at radius 1 is 1.39 bits per heavy atom. The summed E-state index contributed by atoms with van der Waals surface area (Å²) >= 11 is 11.4. The first-order chi connectivity index (χ1) is 8.48. The zero-order valence-electron chi connectivity index (χ0n) is 9.65. The zero-order chi connectivity index (χ0) is 13.8. The molecule has 0 fully saturated rings. The van der Waals surface area contributed by atoms with Crippen molar-refractivity contribution in [2.75, 3.05) is 13.2 Å². The molecule has 0 aliphatic heterocycles. The summed E-state index contributed by atoms with van der Waals surface area (Å²) in [7, 11) is 0. The van der Waals surface area contributed by atoms with Crippen molar-refractivity contribution in [2.24, 2.45) is 0 Å². The van der Waals surface area contributed by atoms with Crippen LogP contribution >= 0.6 is 23.2 Å². The highest BCUT2D eigenvalue weighted by atomic mass is 35.5. The van der Waals surface area contributed by atoms with Crippen LogP contribution < -0.4 is 5.32 Å². The Labute approximate surface area is 114 Å². The summed E-state index contributed by atoms with van der Waals surface area (Å²) in [5.74, 6) is -0.582. The summed E-state index contributed by atoms with van der Waals surface area (Å²) in [6.07, 6.45) is 0.357. The van der Waals surface area contributed by atoms with Gasteiger partial charge in [-0.15, -0.1) is 10.2 Å².